The number of aryl methyl sites for hydroxylation is 1. The minimum absolute atomic E-state index is 0. The van der Waals surface area contributed by atoms with E-state index >= 15 is 0 Å². The van der Waals surface area contributed by atoms with Crippen LogP contribution in [0.25, 0.3) is 0 Å². The van der Waals surface area contributed by atoms with Crippen LogP contribution in [0.3, 0.4) is 0 Å². The van der Waals surface area contributed by atoms with Gasteiger partial charge in [0.15, 0.2) is 0 Å². The number of piperidine rings is 1. The fourth-order valence-electron chi connectivity index (χ4n) is 2.22. The van der Waals surface area contributed by atoms with E-state index in [9.17, 15) is 8.42 Å². The Hall–Kier alpha value is 0.340. The Bertz CT molecular complexity index is 533. The highest BCUT2D eigenvalue weighted by atomic mass is 79.9. The molecule has 2 rings (SSSR count). The molecule has 1 aromatic rings. The zero-order chi connectivity index (χ0) is 13.3. The zero-order valence-corrected chi connectivity index (χ0v) is 14.9. The minimum atomic E-state index is -3.34. The zero-order valence-electron chi connectivity index (χ0n) is 10.8. The summed E-state index contributed by atoms with van der Waals surface area (Å²) in [4.78, 5) is 1.28. The Morgan fingerprint density at radius 3 is 2.74 bits per heavy atom. The van der Waals surface area contributed by atoms with E-state index in [4.69, 9.17) is 0 Å². The molecule has 0 spiro atoms. The van der Waals surface area contributed by atoms with E-state index in [0.29, 0.717) is 18.0 Å². The molecule has 1 fully saturated rings. The van der Waals surface area contributed by atoms with Gasteiger partial charge < -0.3 is 5.32 Å². The van der Waals surface area contributed by atoms with Crippen molar-refractivity contribution in [1.82, 2.24) is 9.62 Å². The van der Waals surface area contributed by atoms with Crippen molar-refractivity contribution in [1.29, 1.82) is 0 Å². The maximum Gasteiger partial charge on any atom is 0.244 e. The van der Waals surface area contributed by atoms with Crippen LogP contribution in [0.15, 0.2) is 14.7 Å². The second kappa shape index (κ2) is 6.87. The van der Waals surface area contributed by atoms with Crippen molar-refractivity contribution in [3.63, 3.8) is 0 Å². The van der Waals surface area contributed by atoms with Crippen molar-refractivity contribution in [3.05, 3.63) is 14.7 Å². The van der Waals surface area contributed by atoms with Gasteiger partial charge in [-0.05, 0) is 48.8 Å². The van der Waals surface area contributed by atoms with Crippen LogP contribution < -0.4 is 5.32 Å². The highest BCUT2D eigenvalue weighted by Gasteiger charge is 2.31. The Morgan fingerprint density at radius 2 is 2.21 bits per heavy atom. The van der Waals surface area contributed by atoms with E-state index in [2.05, 4.69) is 21.2 Å². The molecule has 1 aliphatic heterocycles. The van der Waals surface area contributed by atoms with E-state index in [1.807, 2.05) is 14.0 Å². The SMILES string of the molecule is CNC1CCCN(S(=O)(=O)c2cc(Br)sc2C)C1.Cl. The molecule has 0 radical (unpaired) electrons. The number of sulfonamides is 1. The molecule has 0 aromatic carbocycles. The van der Waals surface area contributed by atoms with E-state index in [0.717, 1.165) is 21.5 Å². The monoisotopic (exact) mass is 388 g/mol. The lowest BCUT2D eigenvalue weighted by Crippen LogP contribution is -2.46. The maximum absolute atomic E-state index is 12.6. The Kier molecular flexibility index (Phi) is 6.28. The lowest BCUT2D eigenvalue weighted by atomic mass is 10.1. The molecule has 0 saturated carbocycles. The Morgan fingerprint density at radius 1 is 1.53 bits per heavy atom. The van der Waals surface area contributed by atoms with Gasteiger partial charge in [0.25, 0.3) is 0 Å². The van der Waals surface area contributed by atoms with Crippen molar-refractivity contribution < 1.29 is 8.42 Å². The second-order valence-corrected chi connectivity index (χ2v) is 9.00. The molecule has 1 unspecified atom stereocenters. The van der Waals surface area contributed by atoms with E-state index in [1.54, 1.807) is 10.4 Å². The first-order valence-corrected chi connectivity index (χ1v) is 8.93. The third kappa shape index (κ3) is 3.71. The maximum atomic E-state index is 12.6. The number of thiophene rings is 1. The van der Waals surface area contributed by atoms with Crippen molar-refractivity contribution in [2.75, 3.05) is 20.1 Å². The molecule has 0 bridgehead atoms. The molecular formula is C11H18BrClN2O2S2. The summed E-state index contributed by atoms with van der Waals surface area (Å²) in [7, 11) is -1.46. The van der Waals surface area contributed by atoms with Gasteiger partial charge in [-0.25, -0.2) is 8.42 Å². The molecule has 110 valence electrons. The minimum Gasteiger partial charge on any atom is -0.316 e. The lowest BCUT2D eigenvalue weighted by Gasteiger charge is -2.31. The van der Waals surface area contributed by atoms with Crippen LogP contribution in [-0.4, -0.2) is 38.9 Å². The predicted molar refractivity (Wildman–Crippen MR) is 84.8 cm³/mol. The number of hydrogen-bond donors (Lipinski definition) is 1. The van der Waals surface area contributed by atoms with Gasteiger partial charge in [-0.15, -0.1) is 23.7 Å². The molecule has 1 saturated heterocycles. The van der Waals surface area contributed by atoms with Gasteiger partial charge in [-0.2, -0.15) is 4.31 Å². The van der Waals surface area contributed by atoms with Crippen LogP contribution in [0, 0.1) is 6.92 Å². The Labute approximate surface area is 133 Å². The first kappa shape index (κ1) is 17.4. The molecule has 8 heteroatoms. The van der Waals surface area contributed by atoms with Crippen LogP contribution in [0.1, 0.15) is 17.7 Å². The number of likely N-dealkylation sites (N-methyl/N-ethyl adjacent to an activating group) is 1. The summed E-state index contributed by atoms with van der Waals surface area (Å²) in [5, 5.41) is 3.16. The number of halogens is 2. The third-order valence-corrected chi connectivity index (χ3v) is 6.93. The molecule has 1 atom stereocenters. The average Bonchev–Trinajstić information content (AvgIpc) is 2.69. The normalized spacial score (nSPS) is 21.1. The summed E-state index contributed by atoms with van der Waals surface area (Å²) in [6, 6.07) is 1.97. The molecular weight excluding hydrogens is 372 g/mol. The van der Waals surface area contributed by atoms with Crippen LogP contribution in [0.2, 0.25) is 0 Å². The third-order valence-electron chi connectivity index (χ3n) is 3.25. The predicted octanol–water partition coefficient (Wildman–Crippen LogP) is 2.61. The smallest absolute Gasteiger partial charge is 0.244 e. The Balaban J connectivity index is 0.00000180. The van der Waals surface area contributed by atoms with Gasteiger partial charge in [0.1, 0.15) is 0 Å². The van der Waals surface area contributed by atoms with Crippen LogP contribution in [0.5, 0.6) is 0 Å². The number of nitrogens with one attached hydrogen (secondary N) is 1. The molecule has 1 aromatic heterocycles. The average molecular weight is 390 g/mol. The van der Waals surface area contributed by atoms with Gasteiger partial charge in [0.05, 0.1) is 8.68 Å². The van der Waals surface area contributed by atoms with Crippen LogP contribution >= 0.6 is 39.7 Å². The highest BCUT2D eigenvalue weighted by Crippen LogP contribution is 2.32. The summed E-state index contributed by atoms with van der Waals surface area (Å²) in [5.41, 5.74) is 0. The molecule has 1 aliphatic rings. The van der Waals surface area contributed by atoms with Crippen LogP contribution in [-0.2, 0) is 10.0 Å². The molecule has 19 heavy (non-hydrogen) atoms. The molecule has 0 aliphatic carbocycles. The summed E-state index contributed by atoms with van der Waals surface area (Å²) >= 11 is 4.81. The van der Waals surface area contributed by atoms with Crippen molar-refractivity contribution in [2.45, 2.75) is 30.7 Å². The number of rotatable bonds is 3. The number of hydrogen-bond acceptors (Lipinski definition) is 4. The van der Waals surface area contributed by atoms with Crippen LogP contribution in [0.4, 0.5) is 0 Å². The molecule has 2 heterocycles. The van der Waals surface area contributed by atoms with Gasteiger partial charge in [0.2, 0.25) is 10.0 Å². The quantitative estimate of drug-likeness (QED) is 0.864. The topological polar surface area (TPSA) is 49.4 Å². The summed E-state index contributed by atoms with van der Waals surface area (Å²) < 4.78 is 27.6. The summed E-state index contributed by atoms with van der Waals surface area (Å²) in [6.07, 6.45) is 1.95. The fourth-order valence-corrected chi connectivity index (χ4v) is 6.13. The van der Waals surface area contributed by atoms with E-state index in [-0.39, 0.29) is 18.4 Å². The van der Waals surface area contributed by atoms with Gasteiger partial charge >= 0.3 is 0 Å². The summed E-state index contributed by atoms with van der Waals surface area (Å²) in [6.45, 7) is 3.03. The molecule has 1 N–H and O–H groups in total. The molecule has 0 amide bonds. The second-order valence-electron chi connectivity index (χ2n) is 4.46. The van der Waals surface area contributed by atoms with Crippen molar-refractivity contribution >= 4 is 49.7 Å². The highest BCUT2D eigenvalue weighted by molar-refractivity contribution is 9.11. The summed E-state index contributed by atoms with van der Waals surface area (Å²) in [5.74, 6) is 0. The number of nitrogens with zero attached hydrogens (tertiary/aromatic N) is 1. The van der Waals surface area contributed by atoms with Gasteiger partial charge in [-0.1, -0.05) is 0 Å². The van der Waals surface area contributed by atoms with Crippen molar-refractivity contribution in [3.8, 4) is 0 Å². The largest absolute Gasteiger partial charge is 0.316 e. The van der Waals surface area contributed by atoms with E-state index in [1.165, 1.54) is 11.3 Å². The first-order chi connectivity index (χ1) is 8.45. The van der Waals surface area contributed by atoms with Gasteiger partial charge in [-0.3, -0.25) is 0 Å². The first-order valence-electron chi connectivity index (χ1n) is 5.88. The molecule has 4 nitrogen and oxygen atoms in total. The van der Waals surface area contributed by atoms with Gasteiger partial charge in [0, 0.05) is 24.0 Å². The fraction of sp³-hybridized carbons (Fsp3) is 0.636. The lowest BCUT2D eigenvalue weighted by molar-refractivity contribution is 0.293. The van der Waals surface area contributed by atoms with E-state index < -0.39 is 10.0 Å². The standard InChI is InChI=1S/C11H17BrN2O2S2.ClH/c1-8-10(6-11(12)17-8)18(15,16)14-5-3-4-9(7-14)13-2;/h6,9,13H,3-5,7H2,1-2H3;1H. The van der Waals surface area contributed by atoms with Crippen molar-refractivity contribution in [2.24, 2.45) is 0 Å².